The molecule has 0 aromatic carbocycles. The van der Waals surface area contributed by atoms with Crippen LogP contribution in [0.1, 0.15) is 32.6 Å². The van der Waals surface area contributed by atoms with E-state index in [0.29, 0.717) is 6.42 Å². The van der Waals surface area contributed by atoms with Crippen molar-refractivity contribution >= 4 is 25.6 Å². The van der Waals surface area contributed by atoms with Crippen LogP contribution >= 0.6 is 0 Å². The third-order valence-corrected chi connectivity index (χ3v) is 8.34. The maximum atomic E-state index is 12.5. The molecule has 20 heavy (non-hydrogen) atoms. The molecule has 0 amide bonds. The van der Waals surface area contributed by atoms with Crippen molar-refractivity contribution in [3.05, 3.63) is 0 Å². The Kier molecular flexibility index (Phi) is 4.56. The van der Waals surface area contributed by atoms with Crippen LogP contribution in [0.3, 0.4) is 0 Å². The number of sulfone groups is 1. The van der Waals surface area contributed by atoms with Gasteiger partial charge < -0.3 is 0 Å². The first-order chi connectivity index (χ1) is 9.26. The van der Waals surface area contributed by atoms with Gasteiger partial charge in [0.15, 0.2) is 0 Å². The van der Waals surface area contributed by atoms with E-state index < -0.39 is 25.1 Å². The number of Topliss-reactive ketones (excluding diaryl/α,β-unsaturated/α-hetero) is 1. The normalized spacial score (nSPS) is 29.4. The number of hydrogen-bond acceptors (Lipinski definition) is 5. The Bertz CT molecular complexity index is 567. The predicted octanol–water partition coefficient (Wildman–Crippen LogP) is 0.194. The van der Waals surface area contributed by atoms with E-state index in [9.17, 15) is 21.6 Å². The highest BCUT2D eigenvalue weighted by Crippen LogP contribution is 2.26. The smallest absolute Gasteiger partial charge is 0.217 e. The van der Waals surface area contributed by atoms with Gasteiger partial charge in [0.1, 0.15) is 15.6 Å². The second-order valence-corrected chi connectivity index (χ2v) is 10.1. The zero-order valence-corrected chi connectivity index (χ0v) is 13.2. The quantitative estimate of drug-likeness (QED) is 0.740. The number of carbonyl (C=O) groups is 1. The van der Waals surface area contributed by atoms with Gasteiger partial charge in [-0.2, -0.15) is 0 Å². The lowest BCUT2D eigenvalue weighted by Crippen LogP contribution is -2.49. The number of piperidine rings is 1. The van der Waals surface area contributed by atoms with Gasteiger partial charge in [-0.25, -0.2) is 21.1 Å². The lowest BCUT2D eigenvalue weighted by molar-refractivity contribution is -0.125. The lowest BCUT2D eigenvalue weighted by Gasteiger charge is -2.34. The van der Waals surface area contributed by atoms with Crippen LogP contribution in [-0.2, 0) is 24.7 Å². The SMILES string of the molecule is CCC1CN(S(=O)(=O)C2CCS(=O)(=O)CC2)CCC1=O. The molecule has 2 saturated heterocycles. The lowest BCUT2D eigenvalue weighted by atomic mass is 9.96. The fourth-order valence-electron chi connectivity index (χ4n) is 2.84. The minimum atomic E-state index is -3.49. The van der Waals surface area contributed by atoms with Crippen molar-refractivity contribution in [1.82, 2.24) is 4.31 Å². The monoisotopic (exact) mass is 323 g/mol. The second-order valence-electron chi connectivity index (χ2n) is 5.58. The predicted molar refractivity (Wildman–Crippen MR) is 75.6 cm³/mol. The highest BCUT2D eigenvalue weighted by atomic mass is 32.2. The Labute approximate surface area is 120 Å². The molecule has 0 aliphatic carbocycles. The Hall–Kier alpha value is -0.470. The molecule has 6 nitrogen and oxygen atoms in total. The fraction of sp³-hybridized carbons (Fsp3) is 0.917. The van der Waals surface area contributed by atoms with Crippen LogP contribution in [0.2, 0.25) is 0 Å². The molecule has 0 radical (unpaired) electrons. The molecule has 0 aromatic heterocycles. The van der Waals surface area contributed by atoms with Gasteiger partial charge in [-0.3, -0.25) is 4.79 Å². The van der Waals surface area contributed by atoms with Gasteiger partial charge in [-0.15, -0.1) is 0 Å². The standard InChI is InChI=1S/C12H21NO5S2/c1-2-10-9-13(6-3-12(10)14)20(17,18)11-4-7-19(15,16)8-5-11/h10-11H,2-9H2,1H3. The number of ketones is 1. The number of sulfonamides is 1. The maximum absolute atomic E-state index is 12.5. The average Bonchev–Trinajstić information content (AvgIpc) is 2.38. The molecular weight excluding hydrogens is 302 g/mol. The summed E-state index contributed by atoms with van der Waals surface area (Å²) in [5.41, 5.74) is 0. The summed E-state index contributed by atoms with van der Waals surface area (Å²) in [6, 6.07) is 0. The van der Waals surface area contributed by atoms with Crippen LogP contribution in [0.5, 0.6) is 0 Å². The number of rotatable bonds is 3. The largest absolute Gasteiger partial charge is 0.299 e. The molecular formula is C12H21NO5S2. The van der Waals surface area contributed by atoms with Crippen LogP contribution in [0, 0.1) is 5.92 Å². The van der Waals surface area contributed by atoms with Crippen molar-refractivity contribution in [2.75, 3.05) is 24.6 Å². The molecule has 0 spiro atoms. The summed E-state index contributed by atoms with van der Waals surface area (Å²) in [6.45, 7) is 2.37. The average molecular weight is 323 g/mol. The maximum Gasteiger partial charge on any atom is 0.217 e. The topological polar surface area (TPSA) is 88.6 Å². The van der Waals surface area contributed by atoms with Gasteiger partial charge >= 0.3 is 0 Å². The zero-order chi connectivity index (χ0) is 15.0. The van der Waals surface area contributed by atoms with Crippen LogP contribution in [0.15, 0.2) is 0 Å². The molecule has 0 aromatic rings. The molecule has 2 heterocycles. The van der Waals surface area contributed by atoms with Crippen molar-refractivity contribution in [3.8, 4) is 0 Å². The summed E-state index contributed by atoms with van der Waals surface area (Å²) >= 11 is 0. The minimum absolute atomic E-state index is 0.0547. The Morgan fingerprint density at radius 3 is 2.40 bits per heavy atom. The molecule has 2 fully saturated rings. The van der Waals surface area contributed by atoms with Crippen LogP contribution in [0.4, 0.5) is 0 Å². The summed E-state index contributed by atoms with van der Waals surface area (Å²) in [5, 5.41) is -0.614. The van der Waals surface area contributed by atoms with Gasteiger partial charge in [-0.05, 0) is 19.3 Å². The Morgan fingerprint density at radius 2 is 1.85 bits per heavy atom. The Morgan fingerprint density at radius 1 is 1.25 bits per heavy atom. The Balaban J connectivity index is 2.09. The molecule has 2 rings (SSSR count). The highest BCUT2D eigenvalue weighted by Gasteiger charge is 2.39. The van der Waals surface area contributed by atoms with Crippen molar-refractivity contribution in [2.24, 2.45) is 5.92 Å². The summed E-state index contributed by atoms with van der Waals surface area (Å²) in [4.78, 5) is 11.7. The second kappa shape index (κ2) is 5.73. The highest BCUT2D eigenvalue weighted by molar-refractivity contribution is 7.92. The third kappa shape index (κ3) is 3.23. The van der Waals surface area contributed by atoms with Gasteiger partial charge in [-0.1, -0.05) is 6.92 Å². The van der Waals surface area contributed by atoms with E-state index in [1.165, 1.54) is 4.31 Å². The van der Waals surface area contributed by atoms with Gasteiger partial charge in [0.05, 0.1) is 16.8 Å². The minimum Gasteiger partial charge on any atom is -0.299 e. The van der Waals surface area contributed by atoms with E-state index in [-0.39, 0.29) is 55.6 Å². The first kappa shape index (κ1) is 15.9. The molecule has 1 atom stereocenters. The van der Waals surface area contributed by atoms with Crippen LogP contribution in [-0.4, -0.2) is 56.8 Å². The summed E-state index contributed by atoms with van der Waals surface area (Å²) < 4.78 is 49.2. The molecule has 8 heteroatoms. The fourth-order valence-corrected chi connectivity index (χ4v) is 6.62. The molecule has 2 aliphatic heterocycles. The number of nitrogens with zero attached hydrogens (tertiary/aromatic N) is 1. The van der Waals surface area contributed by atoms with Crippen molar-refractivity contribution in [2.45, 2.75) is 37.9 Å². The van der Waals surface area contributed by atoms with Gasteiger partial charge in [0.2, 0.25) is 10.0 Å². The van der Waals surface area contributed by atoms with Gasteiger partial charge in [0, 0.05) is 25.4 Å². The molecule has 2 aliphatic rings. The van der Waals surface area contributed by atoms with Gasteiger partial charge in [0.25, 0.3) is 0 Å². The first-order valence-corrected chi connectivity index (χ1v) is 10.3. The summed E-state index contributed by atoms with van der Waals surface area (Å²) in [5.74, 6) is -0.196. The molecule has 0 bridgehead atoms. The zero-order valence-electron chi connectivity index (χ0n) is 11.6. The summed E-state index contributed by atoms with van der Waals surface area (Å²) in [7, 11) is -6.55. The van der Waals surface area contributed by atoms with E-state index in [1.54, 1.807) is 0 Å². The van der Waals surface area contributed by atoms with Crippen molar-refractivity contribution < 1.29 is 21.6 Å². The van der Waals surface area contributed by atoms with Crippen LogP contribution in [0.25, 0.3) is 0 Å². The van der Waals surface area contributed by atoms with E-state index in [4.69, 9.17) is 0 Å². The number of hydrogen-bond donors (Lipinski definition) is 0. The molecule has 1 unspecified atom stereocenters. The molecule has 116 valence electrons. The van der Waals surface area contributed by atoms with Crippen molar-refractivity contribution in [3.63, 3.8) is 0 Å². The van der Waals surface area contributed by atoms with E-state index in [0.717, 1.165) is 0 Å². The molecule has 0 N–H and O–H groups in total. The van der Waals surface area contributed by atoms with Crippen LogP contribution < -0.4 is 0 Å². The van der Waals surface area contributed by atoms with E-state index in [2.05, 4.69) is 0 Å². The van der Waals surface area contributed by atoms with E-state index in [1.807, 2.05) is 6.92 Å². The third-order valence-electron chi connectivity index (χ3n) is 4.26. The first-order valence-electron chi connectivity index (χ1n) is 6.98. The van der Waals surface area contributed by atoms with E-state index >= 15 is 0 Å². The number of carbonyl (C=O) groups excluding carboxylic acids is 1. The van der Waals surface area contributed by atoms with Crippen molar-refractivity contribution in [1.29, 1.82) is 0 Å². The summed E-state index contributed by atoms with van der Waals surface area (Å²) in [6.07, 6.45) is 1.25. The molecule has 0 saturated carbocycles.